The van der Waals surface area contributed by atoms with E-state index in [1.54, 1.807) is 13.2 Å². The number of halogens is 1. The van der Waals surface area contributed by atoms with E-state index in [1.807, 2.05) is 36.5 Å². The first-order chi connectivity index (χ1) is 13.5. The Balaban J connectivity index is 1.99. The third-order valence-corrected chi connectivity index (χ3v) is 5.04. The second kappa shape index (κ2) is 8.92. The van der Waals surface area contributed by atoms with Crippen LogP contribution in [0.25, 0.3) is 10.9 Å². The molecule has 0 aliphatic rings. The highest BCUT2D eigenvalue weighted by atomic mass is 35.5. The SMILES string of the molecule is CCN(C)Cc1cnc2ccc(C#N)cc2c1NCc1ccc(OC)c(Cl)c1. The summed E-state index contributed by atoms with van der Waals surface area (Å²) in [6.07, 6.45) is 1.91. The molecule has 6 heteroatoms. The van der Waals surface area contributed by atoms with Gasteiger partial charge < -0.3 is 15.0 Å². The molecule has 0 aliphatic heterocycles. The van der Waals surface area contributed by atoms with Crippen LogP contribution in [-0.4, -0.2) is 30.6 Å². The summed E-state index contributed by atoms with van der Waals surface area (Å²) in [7, 11) is 3.68. The summed E-state index contributed by atoms with van der Waals surface area (Å²) < 4.78 is 5.22. The lowest BCUT2D eigenvalue weighted by atomic mass is 10.1. The zero-order valence-corrected chi connectivity index (χ0v) is 17.0. The normalized spacial score (nSPS) is 10.9. The fourth-order valence-electron chi connectivity index (χ4n) is 3.04. The molecule has 0 amide bonds. The maximum Gasteiger partial charge on any atom is 0.137 e. The van der Waals surface area contributed by atoms with E-state index in [-0.39, 0.29) is 0 Å². The Hall–Kier alpha value is -2.81. The second-order valence-corrected chi connectivity index (χ2v) is 7.06. The predicted molar refractivity (Wildman–Crippen MR) is 114 cm³/mol. The lowest BCUT2D eigenvalue weighted by Crippen LogP contribution is -2.18. The highest BCUT2D eigenvalue weighted by Gasteiger charge is 2.12. The van der Waals surface area contributed by atoms with Gasteiger partial charge in [-0.05, 0) is 49.5 Å². The molecule has 0 bridgehead atoms. The first-order valence-corrected chi connectivity index (χ1v) is 9.50. The van der Waals surface area contributed by atoms with Crippen molar-refractivity contribution in [3.8, 4) is 11.8 Å². The molecule has 0 saturated heterocycles. The van der Waals surface area contributed by atoms with Gasteiger partial charge in [0.25, 0.3) is 0 Å². The van der Waals surface area contributed by atoms with Crippen LogP contribution >= 0.6 is 11.6 Å². The fraction of sp³-hybridized carbons (Fsp3) is 0.273. The number of anilines is 1. The third-order valence-electron chi connectivity index (χ3n) is 4.74. The second-order valence-electron chi connectivity index (χ2n) is 6.66. The van der Waals surface area contributed by atoms with Crippen molar-refractivity contribution in [1.29, 1.82) is 5.26 Å². The number of benzene rings is 2. The first kappa shape index (κ1) is 19.9. The minimum Gasteiger partial charge on any atom is -0.495 e. The molecule has 1 N–H and O–H groups in total. The van der Waals surface area contributed by atoms with E-state index < -0.39 is 0 Å². The molecule has 3 rings (SSSR count). The number of nitriles is 1. The van der Waals surface area contributed by atoms with Crippen molar-refractivity contribution in [2.75, 3.05) is 26.0 Å². The van der Waals surface area contributed by atoms with E-state index in [1.165, 1.54) is 0 Å². The van der Waals surface area contributed by atoms with Gasteiger partial charge in [-0.1, -0.05) is 24.6 Å². The summed E-state index contributed by atoms with van der Waals surface area (Å²) in [5, 5.41) is 14.4. The Kier molecular flexibility index (Phi) is 6.35. The molecule has 1 heterocycles. The monoisotopic (exact) mass is 394 g/mol. The maximum absolute atomic E-state index is 9.30. The van der Waals surface area contributed by atoms with Crippen LogP contribution in [0.15, 0.2) is 42.6 Å². The van der Waals surface area contributed by atoms with Crippen LogP contribution in [0.1, 0.15) is 23.6 Å². The van der Waals surface area contributed by atoms with Crippen LogP contribution in [0.4, 0.5) is 5.69 Å². The van der Waals surface area contributed by atoms with Crippen molar-refractivity contribution in [1.82, 2.24) is 9.88 Å². The Labute approximate surface area is 170 Å². The van der Waals surface area contributed by atoms with Crippen molar-refractivity contribution < 1.29 is 4.74 Å². The minimum atomic E-state index is 0.582. The number of hydrogen-bond acceptors (Lipinski definition) is 5. The van der Waals surface area contributed by atoms with Gasteiger partial charge >= 0.3 is 0 Å². The molecule has 0 unspecified atom stereocenters. The van der Waals surface area contributed by atoms with Crippen LogP contribution in [0.2, 0.25) is 5.02 Å². The number of aromatic nitrogens is 1. The zero-order valence-electron chi connectivity index (χ0n) is 16.3. The molecule has 0 fully saturated rings. The lowest BCUT2D eigenvalue weighted by Gasteiger charge is -2.19. The molecule has 0 saturated carbocycles. The van der Waals surface area contributed by atoms with Gasteiger partial charge in [0.05, 0.1) is 29.3 Å². The molecule has 0 spiro atoms. The topological polar surface area (TPSA) is 61.2 Å². The van der Waals surface area contributed by atoms with Gasteiger partial charge in [0, 0.05) is 35.9 Å². The van der Waals surface area contributed by atoms with E-state index in [0.29, 0.717) is 22.9 Å². The summed E-state index contributed by atoms with van der Waals surface area (Å²) in [5.74, 6) is 0.656. The molecule has 2 aromatic carbocycles. The number of fused-ring (bicyclic) bond motifs is 1. The van der Waals surface area contributed by atoms with E-state index in [0.717, 1.165) is 40.8 Å². The molecule has 5 nitrogen and oxygen atoms in total. The number of rotatable bonds is 7. The number of methoxy groups -OCH3 is 1. The van der Waals surface area contributed by atoms with E-state index >= 15 is 0 Å². The smallest absolute Gasteiger partial charge is 0.137 e. The molecule has 144 valence electrons. The summed E-state index contributed by atoms with van der Waals surface area (Å²) in [4.78, 5) is 6.80. The summed E-state index contributed by atoms with van der Waals surface area (Å²) >= 11 is 6.26. The molecule has 1 aromatic heterocycles. The molecule has 3 aromatic rings. The molecule has 0 aliphatic carbocycles. The molecular weight excluding hydrogens is 372 g/mol. The Bertz CT molecular complexity index is 1030. The number of ether oxygens (including phenoxy) is 1. The standard InChI is InChI=1S/C22H23ClN4O/c1-4-27(2)14-17-13-25-20-7-5-15(11-24)9-18(20)22(17)26-12-16-6-8-21(28-3)19(23)10-16/h5-10,13H,4,12,14H2,1-3H3,(H,25,26). The van der Waals surface area contributed by atoms with Crippen molar-refractivity contribution >= 4 is 28.2 Å². The third kappa shape index (κ3) is 4.36. The van der Waals surface area contributed by atoms with Gasteiger partial charge in [-0.2, -0.15) is 5.26 Å². The molecule has 28 heavy (non-hydrogen) atoms. The number of nitrogens with one attached hydrogen (secondary N) is 1. The van der Waals surface area contributed by atoms with Gasteiger partial charge in [-0.3, -0.25) is 4.98 Å². The van der Waals surface area contributed by atoms with Crippen molar-refractivity contribution in [2.24, 2.45) is 0 Å². The van der Waals surface area contributed by atoms with Crippen LogP contribution in [0, 0.1) is 11.3 Å². The highest BCUT2D eigenvalue weighted by Crippen LogP contribution is 2.30. The Morgan fingerprint density at radius 3 is 2.75 bits per heavy atom. The quantitative estimate of drug-likeness (QED) is 0.621. The van der Waals surface area contributed by atoms with Gasteiger partial charge in [0.2, 0.25) is 0 Å². The van der Waals surface area contributed by atoms with E-state index in [4.69, 9.17) is 16.3 Å². The number of pyridine rings is 1. The Morgan fingerprint density at radius 1 is 1.25 bits per heavy atom. The summed E-state index contributed by atoms with van der Waals surface area (Å²) in [6, 6.07) is 13.5. The largest absolute Gasteiger partial charge is 0.495 e. The van der Waals surface area contributed by atoms with Gasteiger partial charge in [0.15, 0.2) is 0 Å². The average molecular weight is 395 g/mol. The summed E-state index contributed by atoms with van der Waals surface area (Å²) in [6.45, 7) is 4.42. The van der Waals surface area contributed by atoms with Gasteiger partial charge in [0.1, 0.15) is 5.75 Å². The van der Waals surface area contributed by atoms with Crippen molar-refractivity contribution in [3.63, 3.8) is 0 Å². The van der Waals surface area contributed by atoms with Crippen molar-refractivity contribution in [3.05, 3.63) is 64.3 Å². The van der Waals surface area contributed by atoms with Gasteiger partial charge in [-0.25, -0.2) is 0 Å². The van der Waals surface area contributed by atoms with Crippen LogP contribution in [-0.2, 0) is 13.1 Å². The van der Waals surface area contributed by atoms with Crippen LogP contribution in [0.3, 0.4) is 0 Å². The van der Waals surface area contributed by atoms with E-state index in [9.17, 15) is 5.26 Å². The number of nitrogens with zero attached hydrogens (tertiary/aromatic N) is 3. The predicted octanol–water partition coefficient (Wildman–Crippen LogP) is 4.83. The van der Waals surface area contributed by atoms with Gasteiger partial charge in [-0.15, -0.1) is 0 Å². The molecule has 0 radical (unpaired) electrons. The minimum absolute atomic E-state index is 0.582. The maximum atomic E-state index is 9.30. The van der Waals surface area contributed by atoms with E-state index in [2.05, 4.69) is 35.2 Å². The molecule has 0 atom stereocenters. The first-order valence-electron chi connectivity index (χ1n) is 9.12. The lowest BCUT2D eigenvalue weighted by molar-refractivity contribution is 0.346. The number of hydrogen-bond donors (Lipinski definition) is 1. The average Bonchev–Trinajstić information content (AvgIpc) is 2.72. The van der Waals surface area contributed by atoms with Crippen molar-refractivity contribution in [2.45, 2.75) is 20.0 Å². The van der Waals surface area contributed by atoms with Crippen LogP contribution in [0.5, 0.6) is 5.75 Å². The van der Waals surface area contributed by atoms with Crippen LogP contribution < -0.4 is 10.1 Å². The zero-order chi connectivity index (χ0) is 20.1. The summed E-state index contributed by atoms with van der Waals surface area (Å²) in [5.41, 5.74) is 4.60. The molecular formula is C22H23ClN4O. The Morgan fingerprint density at radius 2 is 2.07 bits per heavy atom. The fourth-order valence-corrected chi connectivity index (χ4v) is 3.33. The highest BCUT2D eigenvalue weighted by molar-refractivity contribution is 6.32.